The van der Waals surface area contributed by atoms with Gasteiger partial charge < -0.3 is 21.5 Å². The molecule has 0 aromatic rings. The molecule has 1 heterocycles. The predicted molar refractivity (Wildman–Crippen MR) is 63.0 cm³/mol. The summed E-state index contributed by atoms with van der Waals surface area (Å²) in [5.41, 5.74) is 5.62. The third-order valence-electron chi connectivity index (χ3n) is 2.60. The third kappa shape index (κ3) is 4.54. The molecule has 1 aliphatic heterocycles. The molecule has 6 nitrogen and oxygen atoms in total. The van der Waals surface area contributed by atoms with E-state index in [1.807, 2.05) is 0 Å². The van der Waals surface area contributed by atoms with Crippen LogP contribution in [0.3, 0.4) is 0 Å². The van der Waals surface area contributed by atoms with Crippen molar-refractivity contribution in [2.75, 3.05) is 6.54 Å². The molecule has 0 aromatic carbocycles. The minimum Gasteiger partial charge on any atom is -0.391 e. The second-order valence-electron chi connectivity index (χ2n) is 4.18. The number of hydrogen-bond donors (Lipinski definition) is 4. The van der Waals surface area contributed by atoms with Gasteiger partial charge in [-0.15, -0.1) is 0 Å². The van der Waals surface area contributed by atoms with E-state index in [1.54, 1.807) is 13.0 Å². The molecule has 0 bridgehead atoms. The van der Waals surface area contributed by atoms with Crippen molar-refractivity contribution in [3.05, 3.63) is 12.2 Å². The molecule has 5 N–H and O–H groups in total. The van der Waals surface area contributed by atoms with E-state index in [1.165, 1.54) is 6.08 Å². The van der Waals surface area contributed by atoms with Gasteiger partial charge in [-0.3, -0.25) is 9.59 Å². The van der Waals surface area contributed by atoms with Crippen molar-refractivity contribution >= 4 is 11.8 Å². The maximum atomic E-state index is 11.6. The average Bonchev–Trinajstić information content (AvgIpc) is 2.29. The Morgan fingerprint density at radius 1 is 1.47 bits per heavy atom. The van der Waals surface area contributed by atoms with Crippen LogP contribution >= 0.6 is 0 Å². The van der Waals surface area contributed by atoms with Gasteiger partial charge in [-0.1, -0.05) is 6.08 Å². The van der Waals surface area contributed by atoms with Gasteiger partial charge in [0.1, 0.15) is 6.04 Å². The zero-order chi connectivity index (χ0) is 12.8. The third-order valence-corrected chi connectivity index (χ3v) is 2.60. The summed E-state index contributed by atoms with van der Waals surface area (Å²) in [4.78, 5) is 22.9. The number of hydrogen-bond acceptors (Lipinski definition) is 4. The minimum atomic E-state index is -0.930. The molecule has 6 heteroatoms. The van der Waals surface area contributed by atoms with E-state index in [0.717, 1.165) is 0 Å². The number of carbonyl (C=O) groups is 2. The van der Waals surface area contributed by atoms with Gasteiger partial charge in [0.05, 0.1) is 6.10 Å². The van der Waals surface area contributed by atoms with Gasteiger partial charge in [0.2, 0.25) is 11.8 Å². The Balaban J connectivity index is 2.70. The lowest BCUT2D eigenvalue weighted by Gasteiger charge is -2.20. The highest BCUT2D eigenvalue weighted by Gasteiger charge is 2.23. The van der Waals surface area contributed by atoms with E-state index in [9.17, 15) is 14.7 Å². The highest BCUT2D eigenvalue weighted by Crippen LogP contribution is 2.02. The summed E-state index contributed by atoms with van der Waals surface area (Å²) in [5.74, 6) is -0.610. The van der Waals surface area contributed by atoms with Gasteiger partial charge in [0.25, 0.3) is 0 Å². The van der Waals surface area contributed by atoms with Crippen LogP contribution in [0.2, 0.25) is 0 Å². The summed E-state index contributed by atoms with van der Waals surface area (Å²) in [5, 5.41) is 15.0. The van der Waals surface area contributed by atoms with E-state index < -0.39 is 18.1 Å². The van der Waals surface area contributed by atoms with Crippen molar-refractivity contribution in [1.29, 1.82) is 0 Å². The quantitative estimate of drug-likeness (QED) is 0.420. The summed E-state index contributed by atoms with van der Waals surface area (Å²) >= 11 is 0. The molecule has 96 valence electrons. The first kappa shape index (κ1) is 13.7. The zero-order valence-corrected chi connectivity index (χ0v) is 9.85. The first-order valence-electron chi connectivity index (χ1n) is 5.70. The molecule has 1 aliphatic rings. The second-order valence-corrected chi connectivity index (χ2v) is 4.18. The molecule has 0 fully saturated rings. The molecule has 0 unspecified atom stereocenters. The Bertz CT molecular complexity index is 317. The monoisotopic (exact) mass is 241 g/mol. The Kier molecular flexibility index (Phi) is 5.11. The average molecular weight is 241 g/mol. The van der Waals surface area contributed by atoms with Crippen LogP contribution in [-0.4, -0.2) is 41.7 Å². The molecule has 0 saturated carbocycles. The number of amides is 2. The van der Waals surface area contributed by atoms with Gasteiger partial charge in [-0.2, -0.15) is 0 Å². The van der Waals surface area contributed by atoms with Crippen LogP contribution in [0, 0.1) is 0 Å². The van der Waals surface area contributed by atoms with Crippen LogP contribution in [-0.2, 0) is 9.59 Å². The van der Waals surface area contributed by atoms with Crippen molar-refractivity contribution in [2.24, 2.45) is 5.73 Å². The normalized spacial score (nSPS) is 33.9. The van der Waals surface area contributed by atoms with E-state index in [4.69, 9.17) is 5.73 Å². The van der Waals surface area contributed by atoms with Crippen molar-refractivity contribution in [1.82, 2.24) is 10.6 Å². The number of carbonyl (C=O) groups excluding carboxylic acids is 2. The van der Waals surface area contributed by atoms with Gasteiger partial charge in [-0.05, 0) is 19.8 Å². The number of rotatable bonds is 0. The van der Waals surface area contributed by atoms with Crippen molar-refractivity contribution < 1.29 is 14.7 Å². The molecular formula is C11H19N3O3. The number of nitrogens with one attached hydrogen (secondary N) is 2. The van der Waals surface area contributed by atoms with Gasteiger partial charge in [0.15, 0.2) is 0 Å². The van der Waals surface area contributed by atoms with E-state index in [2.05, 4.69) is 10.6 Å². The van der Waals surface area contributed by atoms with Crippen LogP contribution in [0.5, 0.6) is 0 Å². The molecule has 0 radical (unpaired) electrons. The largest absolute Gasteiger partial charge is 0.391 e. The van der Waals surface area contributed by atoms with Gasteiger partial charge in [-0.25, -0.2) is 0 Å². The molecule has 3 atom stereocenters. The molecule has 0 aliphatic carbocycles. The van der Waals surface area contributed by atoms with Crippen molar-refractivity contribution in [3.63, 3.8) is 0 Å². The summed E-state index contributed by atoms with van der Waals surface area (Å²) in [6.07, 6.45) is 3.04. The Hall–Kier alpha value is -1.40. The standard InChI is InChI=1S/C11H19N3O3/c1-7-4-5-9(16)13-6-2-3-8(15)10(12)11(17)14-7/h4-5,7-8,10,15H,2-3,6,12H2,1H3,(H,13,16)(H,14,17)/b5-4+/t7-,8-,10-/m0/s1. The fourth-order valence-corrected chi connectivity index (χ4v) is 1.54. The maximum Gasteiger partial charge on any atom is 0.243 e. The van der Waals surface area contributed by atoms with Gasteiger partial charge >= 0.3 is 0 Å². The minimum absolute atomic E-state index is 0.203. The molecular weight excluding hydrogens is 222 g/mol. The Morgan fingerprint density at radius 3 is 2.88 bits per heavy atom. The molecule has 17 heavy (non-hydrogen) atoms. The van der Waals surface area contributed by atoms with Crippen LogP contribution in [0.1, 0.15) is 19.8 Å². The van der Waals surface area contributed by atoms with Crippen LogP contribution < -0.4 is 16.4 Å². The molecule has 2 amide bonds. The smallest absolute Gasteiger partial charge is 0.243 e. The Labute approximate surface area is 100 Å². The summed E-state index contributed by atoms with van der Waals surface area (Å²) in [6.45, 7) is 2.19. The second kappa shape index (κ2) is 6.36. The SMILES string of the molecule is C[C@H]1/C=C/C(=O)NCCC[C@H](O)[C@H](N)C(=O)N1. The topological polar surface area (TPSA) is 104 Å². The highest BCUT2D eigenvalue weighted by molar-refractivity contribution is 5.88. The molecule has 0 saturated heterocycles. The van der Waals surface area contributed by atoms with Crippen LogP contribution in [0.4, 0.5) is 0 Å². The van der Waals surface area contributed by atoms with Crippen molar-refractivity contribution in [2.45, 2.75) is 38.0 Å². The van der Waals surface area contributed by atoms with E-state index in [0.29, 0.717) is 19.4 Å². The molecule has 1 rings (SSSR count). The number of nitrogens with two attached hydrogens (primary N) is 1. The van der Waals surface area contributed by atoms with Crippen molar-refractivity contribution in [3.8, 4) is 0 Å². The van der Waals surface area contributed by atoms with E-state index in [-0.39, 0.29) is 11.9 Å². The predicted octanol–water partition coefficient (Wildman–Crippen LogP) is -1.35. The van der Waals surface area contributed by atoms with Gasteiger partial charge in [0, 0.05) is 18.7 Å². The lowest BCUT2D eigenvalue weighted by atomic mass is 10.1. The van der Waals surface area contributed by atoms with Crippen LogP contribution in [0.25, 0.3) is 0 Å². The fraction of sp³-hybridized carbons (Fsp3) is 0.636. The highest BCUT2D eigenvalue weighted by atomic mass is 16.3. The molecule has 0 spiro atoms. The lowest BCUT2D eigenvalue weighted by Crippen LogP contribution is -2.50. The van der Waals surface area contributed by atoms with E-state index >= 15 is 0 Å². The Morgan fingerprint density at radius 2 is 2.18 bits per heavy atom. The lowest BCUT2D eigenvalue weighted by molar-refractivity contribution is -0.125. The van der Waals surface area contributed by atoms with Crippen LogP contribution in [0.15, 0.2) is 12.2 Å². The summed E-state index contributed by atoms with van der Waals surface area (Å²) < 4.78 is 0. The maximum absolute atomic E-state index is 11.6. The first-order chi connectivity index (χ1) is 8.00. The zero-order valence-electron chi connectivity index (χ0n) is 9.85. The fourth-order valence-electron chi connectivity index (χ4n) is 1.54. The molecule has 0 aromatic heterocycles. The number of aliphatic hydroxyl groups is 1. The first-order valence-corrected chi connectivity index (χ1v) is 5.70. The summed E-state index contributed by atoms with van der Waals surface area (Å²) in [6, 6.07) is -1.23. The number of aliphatic hydroxyl groups excluding tert-OH is 1. The summed E-state index contributed by atoms with van der Waals surface area (Å²) in [7, 11) is 0.